The average Bonchev–Trinajstić information content (AvgIpc) is 2.89. The van der Waals surface area contributed by atoms with E-state index in [2.05, 4.69) is 5.32 Å². The maximum Gasteiger partial charge on any atom is 0.259 e. The molecule has 0 unspecified atom stereocenters. The zero-order chi connectivity index (χ0) is 25.0. The summed E-state index contributed by atoms with van der Waals surface area (Å²) in [4.78, 5) is 26.3. The van der Waals surface area contributed by atoms with E-state index >= 15 is 0 Å². The Morgan fingerprint density at radius 3 is 2.37 bits per heavy atom. The summed E-state index contributed by atoms with van der Waals surface area (Å²) in [6, 6.07) is 17.2. The Bertz CT molecular complexity index is 1360. The van der Waals surface area contributed by atoms with Crippen LogP contribution in [0.2, 0.25) is 5.02 Å². The molecule has 0 saturated carbocycles. The first kappa shape index (κ1) is 24.9. The first-order valence-corrected chi connectivity index (χ1v) is 12.6. The summed E-state index contributed by atoms with van der Waals surface area (Å²) in [5.41, 5.74) is 0.876. The molecule has 1 aliphatic rings. The monoisotopic (exact) mass is 514 g/mol. The number of benzene rings is 3. The first-order valence-electron chi connectivity index (χ1n) is 10.8. The SMILES string of the molecule is COc1ccc(S(=O)(=O)N2CCOCC2)cc1C(=O)Nc1ccc(Cl)cc1C(=O)c1ccccc1. The van der Waals surface area contributed by atoms with Crippen molar-refractivity contribution in [1.82, 2.24) is 4.31 Å². The van der Waals surface area contributed by atoms with E-state index in [-0.39, 0.29) is 46.3 Å². The van der Waals surface area contributed by atoms with Crippen LogP contribution in [0, 0.1) is 0 Å². The maximum absolute atomic E-state index is 13.3. The number of amides is 1. The molecule has 4 rings (SSSR count). The number of hydrogen-bond acceptors (Lipinski definition) is 6. The molecule has 0 aliphatic carbocycles. The van der Waals surface area contributed by atoms with E-state index in [9.17, 15) is 18.0 Å². The van der Waals surface area contributed by atoms with Gasteiger partial charge >= 0.3 is 0 Å². The second-order valence-corrected chi connectivity index (χ2v) is 10.1. The van der Waals surface area contributed by atoms with Crippen molar-refractivity contribution < 1.29 is 27.5 Å². The highest BCUT2D eigenvalue weighted by Crippen LogP contribution is 2.28. The van der Waals surface area contributed by atoms with Crippen LogP contribution in [-0.4, -0.2) is 57.8 Å². The zero-order valence-electron chi connectivity index (χ0n) is 18.9. The molecule has 1 fully saturated rings. The normalized spacial score (nSPS) is 14.3. The minimum atomic E-state index is -3.83. The number of halogens is 1. The van der Waals surface area contributed by atoms with Crippen LogP contribution >= 0.6 is 11.6 Å². The van der Waals surface area contributed by atoms with Crippen molar-refractivity contribution >= 4 is 39.0 Å². The molecule has 10 heteroatoms. The Kier molecular flexibility index (Phi) is 7.51. The van der Waals surface area contributed by atoms with Crippen LogP contribution in [0.1, 0.15) is 26.3 Å². The molecular formula is C25H23ClN2O6S. The predicted molar refractivity (Wildman–Crippen MR) is 132 cm³/mol. The van der Waals surface area contributed by atoms with E-state index < -0.39 is 15.9 Å². The third kappa shape index (κ3) is 5.38. The summed E-state index contributed by atoms with van der Waals surface area (Å²) < 4.78 is 38.1. The highest BCUT2D eigenvalue weighted by atomic mass is 35.5. The molecule has 3 aromatic carbocycles. The van der Waals surface area contributed by atoms with Gasteiger partial charge in [-0.05, 0) is 36.4 Å². The number of carbonyl (C=O) groups is 2. The number of morpholine rings is 1. The molecule has 182 valence electrons. The van der Waals surface area contributed by atoms with E-state index in [0.717, 1.165) is 0 Å². The van der Waals surface area contributed by atoms with Crippen LogP contribution in [0.15, 0.2) is 71.6 Å². The van der Waals surface area contributed by atoms with Crippen molar-refractivity contribution in [3.63, 3.8) is 0 Å². The largest absolute Gasteiger partial charge is 0.496 e. The zero-order valence-corrected chi connectivity index (χ0v) is 20.4. The number of ether oxygens (including phenoxy) is 2. The summed E-state index contributed by atoms with van der Waals surface area (Å²) in [6.45, 7) is 1.06. The lowest BCUT2D eigenvalue weighted by molar-refractivity contribution is 0.0730. The molecule has 1 amide bonds. The Morgan fingerprint density at radius 1 is 0.971 bits per heavy atom. The predicted octanol–water partition coefficient (Wildman–Crippen LogP) is 3.85. The molecule has 0 spiro atoms. The lowest BCUT2D eigenvalue weighted by Crippen LogP contribution is -2.40. The molecule has 0 radical (unpaired) electrons. The Labute approximate surface area is 208 Å². The number of sulfonamides is 1. The van der Waals surface area contributed by atoms with Gasteiger partial charge in [0.25, 0.3) is 5.91 Å². The summed E-state index contributed by atoms with van der Waals surface area (Å²) in [7, 11) is -2.45. The second-order valence-electron chi connectivity index (χ2n) is 7.72. The fraction of sp³-hybridized carbons (Fsp3) is 0.200. The van der Waals surface area contributed by atoms with Crippen LogP contribution in [0.3, 0.4) is 0 Å². The topological polar surface area (TPSA) is 102 Å². The number of nitrogens with one attached hydrogen (secondary N) is 1. The first-order chi connectivity index (χ1) is 16.8. The minimum Gasteiger partial charge on any atom is -0.496 e. The summed E-state index contributed by atoms with van der Waals surface area (Å²) in [5, 5.41) is 3.04. The molecule has 0 aromatic heterocycles. The number of hydrogen-bond donors (Lipinski definition) is 1. The van der Waals surface area contributed by atoms with Gasteiger partial charge in [-0.3, -0.25) is 9.59 Å². The van der Waals surface area contributed by atoms with E-state index in [1.165, 1.54) is 41.7 Å². The maximum atomic E-state index is 13.3. The van der Waals surface area contributed by atoms with Gasteiger partial charge in [0.2, 0.25) is 10.0 Å². The van der Waals surface area contributed by atoms with E-state index in [1.807, 2.05) is 0 Å². The molecule has 1 aliphatic heterocycles. The van der Waals surface area contributed by atoms with Crippen LogP contribution in [0.25, 0.3) is 0 Å². The van der Waals surface area contributed by atoms with Crippen LogP contribution in [-0.2, 0) is 14.8 Å². The van der Waals surface area contributed by atoms with Crippen molar-refractivity contribution in [2.45, 2.75) is 4.90 Å². The third-order valence-corrected chi connectivity index (χ3v) is 7.66. The van der Waals surface area contributed by atoms with E-state index in [0.29, 0.717) is 23.8 Å². The van der Waals surface area contributed by atoms with Crippen LogP contribution in [0.4, 0.5) is 5.69 Å². The molecule has 1 saturated heterocycles. The van der Waals surface area contributed by atoms with Gasteiger partial charge in [0.05, 0.1) is 36.5 Å². The Hall–Kier alpha value is -3.24. The molecular weight excluding hydrogens is 492 g/mol. The Morgan fingerprint density at radius 2 is 1.69 bits per heavy atom. The van der Waals surface area contributed by atoms with Gasteiger partial charge in [-0.2, -0.15) is 4.31 Å². The highest BCUT2D eigenvalue weighted by molar-refractivity contribution is 7.89. The highest BCUT2D eigenvalue weighted by Gasteiger charge is 2.28. The lowest BCUT2D eigenvalue weighted by atomic mass is 10.0. The summed E-state index contributed by atoms with van der Waals surface area (Å²) >= 11 is 6.13. The fourth-order valence-corrected chi connectivity index (χ4v) is 5.32. The number of carbonyl (C=O) groups excluding carboxylic acids is 2. The van der Waals surface area contributed by atoms with Gasteiger partial charge in [-0.15, -0.1) is 0 Å². The van der Waals surface area contributed by atoms with Crippen LogP contribution < -0.4 is 10.1 Å². The molecule has 1 heterocycles. The third-order valence-electron chi connectivity index (χ3n) is 5.53. The van der Waals surface area contributed by atoms with Gasteiger partial charge in [-0.1, -0.05) is 41.9 Å². The standard InChI is InChI=1S/C25H23ClN2O6S/c1-33-23-10-8-19(35(31,32)28-11-13-34-14-12-28)16-21(23)25(30)27-22-9-7-18(26)15-20(22)24(29)17-5-3-2-4-6-17/h2-10,15-16H,11-14H2,1H3,(H,27,30). The fourth-order valence-electron chi connectivity index (χ4n) is 3.71. The molecule has 0 atom stereocenters. The van der Waals surface area contributed by atoms with Gasteiger partial charge in [0.1, 0.15) is 5.75 Å². The number of anilines is 1. The number of ketones is 1. The molecule has 0 bridgehead atoms. The van der Waals surface area contributed by atoms with Crippen molar-refractivity contribution in [3.05, 3.63) is 88.4 Å². The van der Waals surface area contributed by atoms with Crippen molar-refractivity contribution in [2.24, 2.45) is 0 Å². The number of nitrogens with zero attached hydrogens (tertiary/aromatic N) is 1. The number of rotatable bonds is 7. The van der Waals surface area contributed by atoms with Gasteiger partial charge in [-0.25, -0.2) is 8.42 Å². The van der Waals surface area contributed by atoms with Crippen molar-refractivity contribution in [3.8, 4) is 5.75 Å². The molecule has 35 heavy (non-hydrogen) atoms. The summed E-state index contributed by atoms with van der Waals surface area (Å²) in [6.07, 6.45) is 0. The van der Waals surface area contributed by atoms with Gasteiger partial charge < -0.3 is 14.8 Å². The smallest absolute Gasteiger partial charge is 0.259 e. The lowest BCUT2D eigenvalue weighted by Gasteiger charge is -2.26. The van der Waals surface area contributed by atoms with E-state index in [4.69, 9.17) is 21.1 Å². The van der Waals surface area contributed by atoms with Gasteiger partial charge in [0, 0.05) is 29.2 Å². The van der Waals surface area contributed by atoms with Gasteiger partial charge in [0.15, 0.2) is 5.78 Å². The molecule has 8 nitrogen and oxygen atoms in total. The molecule has 1 N–H and O–H groups in total. The Balaban J connectivity index is 1.68. The molecule has 3 aromatic rings. The van der Waals surface area contributed by atoms with Crippen LogP contribution in [0.5, 0.6) is 5.75 Å². The second kappa shape index (κ2) is 10.6. The number of methoxy groups -OCH3 is 1. The van der Waals surface area contributed by atoms with Crippen molar-refractivity contribution in [2.75, 3.05) is 38.7 Å². The van der Waals surface area contributed by atoms with Crippen molar-refractivity contribution in [1.29, 1.82) is 0 Å². The quantitative estimate of drug-likeness (QED) is 0.480. The average molecular weight is 515 g/mol. The van der Waals surface area contributed by atoms with E-state index in [1.54, 1.807) is 36.4 Å². The minimum absolute atomic E-state index is 0.00916. The summed E-state index contributed by atoms with van der Waals surface area (Å²) in [5.74, 6) is -0.766.